The maximum absolute atomic E-state index is 9.99. The Morgan fingerprint density at radius 2 is 1.88 bits per heavy atom. The first-order valence-electron chi connectivity index (χ1n) is 8.54. The van der Waals surface area contributed by atoms with E-state index in [4.69, 9.17) is 0 Å². The highest BCUT2D eigenvalue weighted by molar-refractivity contribution is 5.84. The number of aromatic amines is 1. The number of phenolic OH excluding ortho intramolecular Hbond substituents is 1. The van der Waals surface area contributed by atoms with Gasteiger partial charge in [-0.25, -0.2) is 4.98 Å². The highest BCUT2D eigenvalue weighted by Gasteiger charge is 2.18. The molecule has 3 heteroatoms. The van der Waals surface area contributed by atoms with Crippen LogP contribution in [0.1, 0.15) is 42.1 Å². The van der Waals surface area contributed by atoms with Crippen LogP contribution in [-0.2, 0) is 12.8 Å². The zero-order valence-corrected chi connectivity index (χ0v) is 14.4. The van der Waals surface area contributed by atoms with Crippen molar-refractivity contribution < 1.29 is 5.11 Å². The molecule has 1 aliphatic heterocycles. The Hall–Kier alpha value is -2.55. The van der Waals surface area contributed by atoms with Crippen molar-refractivity contribution in [2.24, 2.45) is 0 Å². The molecule has 0 atom stereocenters. The fourth-order valence-corrected chi connectivity index (χ4v) is 3.53. The van der Waals surface area contributed by atoms with Crippen LogP contribution in [0.3, 0.4) is 0 Å². The third-order valence-corrected chi connectivity index (χ3v) is 5.04. The van der Waals surface area contributed by atoms with E-state index in [-0.39, 0.29) is 5.75 Å². The number of aromatic hydroxyl groups is 1. The van der Waals surface area contributed by atoms with Crippen LogP contribution in [0.4, 0.5) is 0 Å². The lowest BCUT2D eigenvalue weighted by molar-refractivity contribution is 0.475. The molecule has 0 radical (unpaired) electrons. The van der Waals surface area contributed by atoms with E-state index in [1.807, 2.05) is 12.3 Å². The van der Waals surface area contributed by atoms with Crippen LogP contribution in [-0.4, -0.2) is 15.1 Å². The molecule has 0 unspecified atom stereocenters. The molecule has 3 aromatic rings. The summed E-state index contributed by atoms with van der Waals surface area (Å²) in [5.74, 6) is 1.58. The van der Waals surface area contributed by atoms with Gasteiger partial charge in [-0.05, 0) is 71.7 Å². The van der Waals surface area contributed by atoms with Crippen molar-refractivity contribution in [3.8, 4) is 28.3 Å². The molecule has 1 aliphatic rings. The van der Waals surface area contributed by atoms with Crippen LogP contribution in [0.5, 0.6) is 5.75 Å². The van der Waals surface area contributed by atoms with Gasteiger partial charge in [0.25, 0.3) is 0 Å². The second-order valence-corrected chi connectivity index (χ2v) is 6.99. The first-order valence-corrected chi connectivity index (χ1v) is 8.54. The van der Waals surface area contributed by atoms with Gasteiger partial charge in [0, 0.05) is 17.5 Å². The Bertz CT molecular complexity index is 922. The lowest BCUT2D eigenvalue weighted by atomic mass is 9.86. The van der Waals surface area contributed by atoms with Gasteiger partial charge < -0.3 is 10.1 Å². The number of fused-ring (bicyclic) bond motifs is 7. The van der Waals surface area contributed by atoms with Crippen LogP contribution in [0.2, 0.25) is 0 Å². The van der Waals surface area contributed by atoms with E-state index in [2.05, 4.69) is 42.9 Å². The van der Waals surface area contributed by atoms with Gasteiger partial charge in [0.2, 0.25) is 0 Å². The quantitative estimate of drug-likeness (QED) is 0.665. The minimum absolute atomic E-state index is 0.265. The molecule has 2 heterocycles. The Balaban J connectivity index is 2.07. The van der Waals surface area contributed by atoms with Crippen molar-refractivity contribution in [2.45, 2.75) is 39.5 Å². The second-order valence-electron chi connectivity index (χ2n) is 6.99. The molecule has 2 N–H and O–H groups in total. The summed E-state index contributed by atoms with van der Waals surface area (Å²) in [4.78, 5) is 7.96. The van der Waals surface area contributed by atoms with E-state index in [1.165, 1.54) is 22.3 Å². The largest absolute Gasteiger partial charge is 0.508 e. The number of H-pyrrole nitrogens is 1. The summed E-state index contributed by atoms with van der Waals surface area (Å²) < 4.78 is 0. The number of hydrogen-bond donors (Lipinski definition) is 2. The number of imidazole rings is 1. The highest BCUT2D eigenvalue weighted by Crippen LogP contribution is 2.38. The third-order valence-electron chi connectivity index (χ3n) is 5.04. The number of nitrogens with one attached hydrogen (secondary N) is 1. The molecule has 1 aromatic heterocycles. The summed E-state index contributed by atoms with van der Waals surface area (Å²) in [6.07, 6.45) is 3.87. The van der Waals surface area contributed by atoms with Crippen LogP contribution < -0.4 is 0 Å². The molecule has 0 spiro atoms. The maximum atomic E-state index is 9.99. The van der Waals surface area contributed by atoms with E-state index >= 15 is 0 Å². The van der Waals surface area contributed by atoms with E-state index in [0.717, 1.165) is 35.5 Å². The molecular weight excluding hydrogens is 296 g/mol. The highest BCUT2D eigenvalue weighted by atomic mass is 16.3. The molecule has 0 saturated heterocycles. The summed E-state index contributed by atoms with van der Waals surface area (Å²) in [5, 5.41) is 9.99. The maximum Gasteiger partial charge on any atom is 0.138 e. The van der Waals surface area contributed by atoms with Gasteiger partial charge in [-0.3, -0.25) is 0 Å². The SMILES string of the molecule is Cc1c2cc(C(C)C)cc1-c1ccc(O)cc1-c1ncc([nH]1)CC2. The summed E-state index contributed by atoms with van der Waals surface area (Å²) in [7, 11) is 0. The molecule has 0 aliphatic carbocycles. The van der Waals surface area contributed by atoms with E-state index in [0.29, 0.717) is 5.92 Å². The van der Waals surface area contributed by atoms with Crippen molar-refractivity contribution in [3.63, 3.8) is 0 Å². The number of aryl methyl sites for hydroxylation is 2. The molecule has 0 fully saturated rings. The molecule has 122 valence electrons. The first-order chi connectivity index (χ1) is 11.5. The minimum Gasteiger partial charge on any atom is -0.508 e. The Morgan fingerprint density at radius 1 is 1.04 bits per heavy atom. The van der Waals surface area contributed by atoms with Gasteiger partial charge in [-0.2, -0.15) is 0 Å². The topological polar surface area (TPSA) is 48.9 Å². The van der Waals surface area contributed by atoms with E-state index in [1.54, 1.807) is 12.1 Å². The summed E-state index contributed by atoms with van der Waals surface area (Å²) in [6, 6.07) is 10.2. The zero-order valence-electron chi connectivity index (χ0n) is 14.4. The predicted octanol–water partition coefficient (Wildman–Crippen LogP) is 4.98. The number of phenols is 1. The normalized spacial score (nSPS) is 13.0. The van der Waals surface area contributed by atoms with Crippen LogP contribution in [0.15, 0.2) is 36.5 Å². The standard InChI is InChI=1S/C21H22N2O/c1-12(2)15-8-14-4-5-16-11-22-21(23-16)20-10-17(24)6-7-18(20)19(9-15)13(14)3/h6-12,24H,4-5H2,1-3H3,(H,22,23). The Labute approximate surface area is 142 Å². The summed E-state index contributed by atoms with van der Waals surface area (Å²) in [6.45, 7) is 6.68. The number of hydrogen-bond acceptors (Lipinski definition) is 2. The first kappa shape index (κ1) is 15.0. The lowest BCUT2D eigenvalue weighted by Crippen LogP contribution is -2.02. The van der Waals surface area contributed by atoms with E-state index < -0.39 is 0 Å². The molecule has 4 bridgehead atoms. The molecule has 0 amide bonds. The molecule has 4 rings (SSSR count). The van der Waals surface area contributed by atoms with Crippen molar-refractivity contribution in [1.29, 1.82) is 0 Å². The number of rotatable bonds is 1. The van der Waals surface area contributed by atoms with Crippen molar-refractivity contribution in [2.75, 3.05) is 0 Å². The molecule has 24 heavy (non-hydrogen) atoms. The molecule has 0 saturated carbocycles. The van der Waals surface area contributed by atoms with Crippen molar-refractivity contribution in [3.05, 3.63) is 58.9 Å². The summed E-state index contributed by atoms with van der Waals surface area (Å²) >= 11 is 0. The zero-order chi connectivity index (χ0) is 16.8. The average molecular weight is 318 g/mol. The van der Waals surface area contributed by atoms with Gasteiger partial charge in [-0.1, -0.05) is 26.0 Å². The fourth-order valence-electron chi connectivity index (χ4n) is 3.53. The Morgan fingerprint density at radius 3 is 2.67 bits per heavy atom. The van der Waals surface area contributed by atoms with Gasteiger partial charge in [0.15, 0.2) is 0 Å². The average Bonchev–Trinajstić information content (AvgIpc) is 3.02. The smallest absolute Gasteiger partial charge is 0.138 e. The number of benzene rings is 2. The monoisotopic (exact) mass is 318 g/mol. The van der Waals surface area contributed by atoms with Crippen LogP contribution in [0, 0.1) is 6.92 Å². The minimum atomic E-state index is 0.265. The second kappa shape index (κ2) is 5.52. The summed E-state index contributed by atoms with van der Waals surface area (Å²) in [5.41, 5.74) is 8.54. The fraction of sp³-hybridized carbons (Fsp3) is 0.286. The van der Waals surface area contributed by atoms with Gasteiger partial charge in [0.05, 0.1) is 0 Å². The van der Waals surface area contributed by atoms with Gasteiger partial charge in [0.1, 0.15) is 11.6 Å². The molecule has 2 aromatic carbocycles. The van der Waals surface area contributed by atoms with Crippen molar-refractivity contribution >= 4 is 0 Å². The third kappa shape index (κ3) is 2.41. The van der Waals surface area contributed by atoms with Crippen LogP contribution in [0.25, 0.3) is 22.5 Å². The van der Waals surface area contributed by atoms with Gasteiger partial charge >= 0.3 is 0 Å². The molecule has 3 nitrogen and oxygen atoms in total. The van der Waals surface area contributed by atoms with E-state index in [9.17, 15) is 5.11 Å². The number of nitrogens with zero attached hydrogens (tertiary/aromatic N) is 1. The van der Waals surface area contributed by atoms with Crippen LogP contribution >= 0.6 is 0 Å². The molecular formula is C21H22N2O. The van der Waals surface area contributed by atoms with Gasteiger partial charge in [-0.15, -0.1) is 0 Å². The predicted molar refractivity (Wildman–Crippen MR) is 97.4 cm³/mol. The lowest BCUT2D eigenvalue weighted by Gasteiger charge is -2.19. The van der Waals surface area contributed by atoms with Crippen molar-refractivity contribution in [1.82, 2.24) is 9.97 Å². The Kier molecular flexibility index (Phi) is 3.45. The number of aromatic nitrogens is 2.